The first-order valence-corrected chi connectivity index (χ1v) is 5.47. The van der Waals surface area contributed by atoms with E-state index in [4.69, 9.17) is 0 Å². The molecule has 0 bridgehead atoms. The average Bonchev–Trinajstić information content (AvgIpc) is 2.60. The third kappa shape index (κ3) is 1.35. The van der Waals surface area contributed by atoms with E-state index in [1.54, 1.807) is 0 Å². The van der Waals surface area contributed by atoms with E-state index in [1.165, 1.54) is 11.9 Å². The lowest BCUT2D eigenvalue weighted by Gasteiger charge is -2.38. The molecule has 1 saturated carbocycles. The molecular formula is C13H18O. The Morgan fingerprint density at radius 1 is 1.64 bits per heavy atom. The molecule has 0 N–H and O–H groups in total. The van der Waals surface area contributed by atoms with E-state index < -0.39 is 0 Å². The molecular weight excluding hydrogens is 172 g/mol. The Morgan fingerprint density at radius 3 is 3.07 bits per heavy atom. The number of hydrogen-bond donors (Lipinski definition) is 0. The molecule has 14 heavy (non-hydrogen) atoms. The Bertz CT molecular complexity index is 290. The van der Waals surface area contributed by atoms with Crippen LogP contribution in [0.3, 0.4) is 0 Å². The van der Waals surface area contributed by atoms with Crippen molar-refractivity contribution in [1.82, 2.24) is 0 Å². The average molecular weight is 190 g/mol. The van der Waals surface area contributed by atoms with Crippen LogP contribution in [0.25, 0.3) is 0 Å². The molecule has 2 aliphatic carbocycles. The molecule has 1 fully saturated rings. The number of aldehydes is 1. The third-order valence-electron chi connectivity index (χ3n) is 4.02. The van der Waals surface area contributed by atoms with Crippen LogP contribution in [-0.2, 0) is 4.79 Å². The Labute approximate surface area is 85.9 Å². The van der Waals surface area contributed by atoms with Crippen LogP contribution in [0, 0.1) is 17.3 Å². The summed E-state index contributed by atoms with van der Waals surface area (Å²) in [7, 11) is 0. The number of allylic oxidation sites excluding steroid dienone is 3. The summed E-state index contributed by atoms with van der Waals surface area (Å²) in [4.78, 5) is 11.2. The maximum Gasteiger partial charge on any atom is 0.130 e. The summed E-state index contributed by atoms with van der Waals surface area (Å²) >= 11 is 0. The highest BCUT2D eigenvalue weighted by atomic mass is 16.1. The van der Waals surface area contributed by atoms with E-state index in [-0.39, 0.29) is 5.41 Å². The van der Waals surface area contributed by atoms with Crippen LogP contribution >= 0.6 is 0 Å². The number of fused-ring (bicyclic) bond motifs is 1. The summed E-state index contributed by atoms with van der Waals surface area (Å²) in [6, 6.07) is 0. The fraction of sp³-hybridized carbons (Fsp3) is 0.615. The van der Waals surface area contributed by atoms with E-state index in [1.807, 2.05) is 0 Å². The van der Waals surface area contributed by atoms with Crippen molar-refractivity contribution in [3.8, 4) is 0 Å². The SMILES string of the molecule is C=C(C)[C@H]1CCC2(C=O)C=CC[C@@H]2C1. The van der Waals surface area contributed by atoms with Crippen LogP contribution in [0.2, 0.25) is 0 Å². The molecule has 0 aromatic rings. The van der Waals surface area contributed by atoms with Crippen molar-refractivity contribution in [3.63, 3.8) is 0 Å². The van der Waals surface area contributed by atoms with Crippen LogP contribution in [0.5, 0.6) is 0 Å². The Morgan fingerprint density at radius 2 is 2.43 bits per heavy atom. The van der Waals surface area contributed by atoms with Crippen molar-refractivity contribution in [2.75, 3.05) is 0 Å². The molecule has 0 aromatic carbocycles. The van der Waals surface area contributed by atoms with Gasteiger partial charge in [-0.2, -0.15) is 0 Å². The second kappa shape index (κ2) is 3.38. The summed E-state index contributed by atoms with van der Waals surface area (Å²) < 4.78 is 0. The summed E-state index contributed by atoms with van der Waals surface area (Å²) in [5.74, 6) is 1.20. The van der Waals surface area contributed by atoms with Crippen LogP contribution in [0.1, 0.15) is 32.6 Å². The minimum atomic E-state index is -0.105. The van der Waals surface area contributed by atoms with Gasteiger partial charge >= 0.3 is 0 Å². The molecule has 0 aromatic heterocycles. The van der Waals surface area contributed by atoms with Gasteiger partial charge < -0.3 is 4.79 Å². The van der Waals surface area contributed by atoms with Gasteiger partial charge in [0, 0.05) is 5.41 Å². The molecule has 1 heteroatoms. The Balaban J connectivity index is 2.14. The molecule has 0 heterocycles. The number of rotatable bonds is 2. The maximum absolute atomic E-state index is 11.2. The van der Waals surface area contributed by atoms with Gasteiger partial charge in [-0.1, -0.05) is 24.3 Å². The highest BCUT2D eigenvalue weighted by Gasteiger charge is 2.43. The smallest absolute Gasteiger partial charge is 0.130 e. The zero-order valence-electron chi connectivity index (χ0n) is 8.83. The van der Waals surface area contributed by atoms with Gasteiger partial charge in [-0.25, -0.2) is 0 Å². The maximum atomic E-state index is 11.2. The monoisotopic (exact) mass is 190 g/mol. The number of carbonyl (C=O) groups is 1. The fourth-order valence-corrected chi connectivity index (χ4v) is 2.94. The molecule has 0 saturated heterocycles. The standard InChI is InChI=1S/C13H18O/c1-10(2)11-5-7-13(9-14)6-3-4-12(13)8-11/h3,6,9,11-12H,1,4-5,7-8H2,2H3/t11-,12+,13?/m0/s1. The minimum Gasteiger partial charge on any atom is -0.302 e. The molecule has 1 unspecified atom stereocenters. The molecule has 0 aliphatic heterocycles. The van der Waals surface area contributed by atoms with Gasteiger partial charge in [-0.3, -0.25) is 0 Å². The van der Waals surface area contributed by atoms with Crippen molar-refractivity contribution in [1.29, 1.82) is 0 Å². The summed E-state index contributed by atoms with van der Waals surface area (Å²) in [5.41, 5.74) is 1.18. The van der Waals surface area contributed by atoms with Gasteiger partial charge in [0.15, 0.2) is 0 Å². The molecule has 3 atom stereocenters. The molecule has 2 aliphatic rings. The summed E-state index contributed by atoms with van der Waals surface area (Å²) in [6.07, 6.45) is 9.89. The summed E-state index contributed by atoms with van der Waals surface area (Å²) in [5, 5.41) is 0. The van der Waals surface area contributed by atoms with Gasteiger partial charge in [-0.05, 0) is 44.4 Å². The van der Waals surface area contributed by atoms with Crippen molar-refractivity contribution in [2.45, 2.75) is 32.6 Å². The first-order valence-electron chi connectivity index (χ1n) is 5.47. The Kier molecular flexibility index (Phi) is 2.34. The number of hydrogen-bond acceptors (Lipinski definition) is 1. The normalized spacial score (nSPS) is 40.6. The lowest BCUT2D eigenvalue weighted by atomic mass is 9.65. The lowest BCUT2D eigenvalue weighted by molar-refractivity contribution is -0.117. The summed E-state index contributed by atoms with van der Waals surface area (Å²) in [6.45, 7) is 6.14. The van der Waals surface area contributed by atoms with E-state index >= 15 is 0 Å². The largest absolute Gasteiger partial charge is 0.302 e. The second-order valence-electron chi connectivity index (χ2n) is 4.88. The van der Waals surface area contributed by atoms with Crippen LogP contribution in [0.4, 0.5) is 0 Å². The third-order valence-corrected chi connectivity index (χ3v) is 4.02. The topological polar surface area (TPSA) is 17.1 Å². The van der Waals surface area contributed by atoms with E-state index in [0.717, 1.165) is 25.7 Å². The molecule has 0 spiro atoms. The van der Waals surface area contributed by atoms with Crippen LogP contribution in [-0.4, -0.2) is 6.29 Å². The van der Waals surface area contributed by atoms with Crippen molar-refractivity contribution < 1.29 is 4.79 Å². The van der Waals surface area contributed by atoms with E-state index in [9.17, 15) is 4.79 Å². The van der Waals surface area contributed by atoms with Gasteiger partial charge in [0.1, 0.15) is 6.29 Å². The minimum absolute atomic E-state index is 0.105. The molecule has 1 nitrogen and oxygen atoms in total. The van der Waals surface area contributed by atoms with Gasteiger partial charge in [0.2, 0.25) is 0 Å². The molecule has 2 rings (SSSR count). The van der Waals surface area contributed by atoms with Gasteiger partial charge in [0.25, 0.3) is 0 Å². The Hall–Kier alpha value is -0.850. The van der Waals surface area contributed by atoms with Crippen LogP contribution < -0.4 is 0 Å². The second-order valence-corrected chi connectivity index (χ2v) is 4.88. The van der Waals surface area contributed by atoms with Gasteiger partial charge in [0.05, 0.1) is 0 Å². The predicted octanol–water partition coefficient (Wildman–Crippen LogP) is 3.12. The van der Waals surface area contributed by atoms with Crippen molar-refractivity contribution in [3.05, 3.63) is 24.3 Å². The van der Waals surface area contributed by atoms with E-state index in [2.05, 4.69) is 25.7 Å². The first kappa shape index (κ1) is 9.70. The van der Waals surface area contributed by atoms with Crippen LogP contribution in [0.15, 0.2) is 24.3 Å². The lowest BCUT2D eigenvalue weighted by Crippen LogP contribution is -2.34. The highest BCUT2D eigenvalue weighted by molar-refractivity contribution is 5.65. The molecule has 0 amide bonds. The zero-order chi connectivity index (χ0) is 10.2. The highest BCUT2D eigenvalue weighted by Crippen LogP contribution is 2.49. The molecule has 0 radical (unpaired) electrons. The predicted molar refractivity (Wildman–Crippen MR) is 57.9 cm³/mol. The first-order chi connectivity index (χ1) is 6.68. The van der Waals surface area contributed by atoms with Crippen molar-refractivity contribution in [2.24, 2.45) is 17.3 Å². The van der Waals surface area contributed by atoms with Gasteiger partial charge in [-0.15, -0.1) is 0 Å². The quantitative estimate of drug-likeness (QED) is 0.483. The fourth-order valence-electron chi connectivity index (χ4n) is 2.94. The zero-order valence-corrected chi connectivity index (χ0v) is 8.83. The number of carbonyl (C=O) groups excluding carboxylic acids is 1. The molecule has 76 valence electrons. The van der Waals surface area contributed by atoms with Crippen molar-refractivity contribution >= 4 is 6.29 Å². The van der Waals surface area contributed by atoms with E-state index in [0.29, 0.717) is 11.8 Å².